The Hall–Kier alpha value is -3.47. The number of nitrogens with zero attached hydrogens (tertiary/aromatic N) is 3. The number of benzene rings is 1. The zero-order chi connectivity index (χ0) is 21.5. The highest BCUT2D eigenvalue weighted by Gasteiger charge is 2.08. The molecule has 2 aromatic heterocycles. The van der Waals surface area contributed by atoms with Gasteiger partial charge in [-0.3, -0.25) is 4.98 Å². The van der Waals surface area contributed by atoms with E-state index in [-0.39, 0.29) is 11.7 Å². The molecule has 0 bridgehead atoms. The molecule has 1 aromatic carbocycles. The Morgan fingerprint density at radius 3 is 2.73 bits per heavy atom. The maximum absolute atomic E-state index is 14.8. The fourth-order valence-electron chi connectivity index (χ4n) is 2.98. The average Bonchev–Trinajstić information content (AvgIpc) is 3.09. The summed E-state index contributed by atoms with van der Waals surface area (Å²) in [6.45, 7) is 8.83. The van der Waals surface area contributed by atoms with Crippen LogP contribution >= 0.6 is 0 Å². The van der Waals surface area contributed by atoms with Crippen molar-refractivity contribution in [1.29, 1.82) is 0 Å². The molecule has 30 heavy (non-hydrogen) atoms. The maximum Gasteiger partial charge on any atom is 0.131 e. The van der Waals surface area contributed by atoms with E-state index in [2.05, 4.69) is 36.5 Å². The van der Waals surface area contributed by atoms with Crippen molar-refractivity contribution in [3.63, 3.8) is 0 Å². The lowest BCUT2D eigenvalue weighted by Gasteiger charge is -2.08. The summed E-state index contributed by atoms with van der Waals surface area (Å²) < 4.78 is 16.8. The topological polar surface area (TPSA) is 56.2 Å². The Kier molecular flexibility index (Phi) is 6.96. The van der Waals surface area contributed by atoms with Gasteiger partial charge in [-0.15, -0.1) is 0 Å². The Labute approximate surface area is 176 Å². The van der Waals surface area contributed by atoms with E-state index in [0.717, 1.165) is 17.0 Å². The van der Waals surface area contributed by atoms with Crippen molar-refractivity contribution in [2.24, 2.45) is 16.6 Å². The Morgan fingerprint density at radius 1 is 1.27 bits per heavy atom. The van der Waals surface area contributed by atoms with E-state index in [1.165, 1.54) is 6.07 Å². The fourth-order valence-corrected chi connectivity index (χ4v) is 2.98. The highest BCUT2D eigenvalue weighted by Crippen LogP contribution is 2.14. The summed E-state index contributed by atoms with van der Waals surface area (Å²) >= 11 is 0. The summed E-state index contributed by atoms with van der Waals surface area (Å²) in [4.78, 5) is 8.27. The maximum atomic E-state index is 14.8. The minimum atomic E-state index is -0.319. The molecule has 0 saturated heterocycles. The molecule has 0 amide bonds. The number of allylic oxidation sites excluding steroid dienone is 2. The van der Waals surface area contributed by atoms with Gasteiger partial charge in [0.2, 0.25) is 0 Å². The van der Waals surface area contributed by atoms with Crippen LogP contribution in [0.3, 0.4) is 0 Å². The molecule has 3 aromatic rings. The predicted octanol–water partition coefficient (Wildman–Crippen LogP) is 3.90. The summed E-state index contributed by atoms with van der Waals surface area (Å²) in [7, 11) is 0. The van der Waals surface area contributed by atoms with E-state index < -0.39 is 0 Å². The van der Waals surface area contributed by atoms with Crippen LogP contribution in [-0.2, 0) is 6.54 Å². The first-order valence-electron chi connectivity index (χ1n) is 10.0. The van der Waals surface area contributed by atoms with Gasteiger partial charge in [0.15, 0.2) is 0 Å². The lowest BCUT2D eigenvalue weighted by Crippen LogP contribution is -2.28. The van der Waals surface area contributed by atoms with Gasteiger partial charge in [0.25, 0.3) is 0 Å². The molecule has 0 unspecified atom stereocenters. The fraction of sp³-hybridized carbons (Fsp3) is 0.200. The summed E-state index contributed by atoms with van der Waals surface area (Å²) in [6.07, 6.45) is 12.5. The molecule has 0 aliphatic carbocycles. The number of hydrogen-bond acceptors (Lipinski definition) is 2. The molecule has 154 valence electrons. The van der Waals surface area contributed by atoms with Gasteiger partial charge in [0, 0.05) is 35.1 Å². The third kappa shape index (κ3) is 5.32. The summed E-state index contributed by atoms with van der Waals surface area (Å²) in [5.74, 6) is 0.458. The van der Waals surface area contributed by atoms with Gasteiger partial charge < -0.3 is 10.3 Å². The number of rotatable bonds is 7. The molecule has 0 fully saturated rings. The average molecular weight is 403 g/mol. The number of nitrogens with two attached hydrogens (primary N) is 1. The largest absolute Gasteiger partial charge is 0.383 e. The summed E-state index contributed by atoms with van der Waals surface area (Å²) in [5, 5.41) is 1.88. The summed E-state index contributed by atoms with van der Waals surface area (Å²) in [5.41, 5.74) is 7.85. The van der Waals surface area contributed by atoms with Crippen LogP contribution in [0.25, 0.3) is 12.7 Å². The first-order valence-corrected chi connectivity index (χ1v) is 10.0. The molecule has 0 radical (unpaired) electrons. The quantitative estimate of drug-likeness (QED) is 0.481. The standard InChI is InChI=1S/C25H27FN4/c1-4-18(2)6-5-7-24-19(3)12-15-30(24)17-21-9-8-20(16-23(21)26)25(27)29-22-10-13-28-14-11-22/h5-16,18H,3-4,17H2,1-2H3,(H2,27,28,29)/b6-5-,24-7+/t18-/m1/s1. The number of pyridine rings is 1. The van der Waals surface area contributed by atoms with Crippen LogP contribution in [-0.4, -0.2) is 15.4 Å². The van der Waals surface area contributed by atoms with Gasteiger partial charge >= 0.3 is 0 Å². The van der Waals surface area contributed by atoms with Crippen LogP contribution in [0.1, 0.15) is 31.4 Å². The highest BCUT2D eigenvalue weighted by atomic mass is 19.1. The monoisotopic (exact) mass is 402 g/mol. The van der Waals surface area contributed by atoms with E-state index in [0.29, 0.717) is 29.3 Å². The Bertz CT molecular complexity index is 1160. The van der Waals surface area contributed by atoms with Gasteiger partial charge in [-0.05, 0) is 41.5 Å². The van der Waals surface area contributed by atoms with Crippen molar-refractivity contribution in [3.05, 3.63) is 94.7 Å². The third-order valence-electron chi connectivity index (χ3n) is 5.03. The molecule has 5 heteroatoms. The molecular weight excluding hydrogens is 375 g/mol. The van der Waals surface area contributed by atoms with Crippen molar-refractivity contribution in [2.45, 2.75) is 26.8 Å². The van der Waals surface area contributed by atoms with Crippen molar-refractivity contribution in [3.8, 4) is 0 Å². The van der Waals surface area contributed by atoms with Crippen LogP contribution in [0.15, 0.2) is 72.1 Å². The number of halogens is 1. The number of aromatic nitrogens is 2. The van der Waals surface area contributed by atoms with E-state index in [1.54, 1.807) is 36.7 Å². The molecule has 2 heterocycles. The van der Waals surface area contributed by atoms with Crippen molar-refractivity contribution in [1.82, 2.24) is 9.55 Å². The molecular formula is C25H27FN4. The number of amidine groups is 1. The second-order valence-corrected chi connectivity index (χ2v) is 7.30. The highest BCUT2D eigenvalue weighted by molar-refractivity contribution is 5.99. The van der Waals surface area contributed by atoms with Gasteiger partial charge in [-0.2, -0.15) is 0 Å². The van der Waals surface area contributed by atoms with Crippen LogP contribution in [0.2, 0.25) is 0 Å². The van der Waals surface area contributed by atoms with Gasteiger partial charge in [0.1, 0.15) is 11.7 Å². The van der Waals surface area contributed by atoms with Crippen LogP contribution < -0.4 is 16.3 Å². The Balaban J connectivity index is 1.84. The van der Waals surface area contributed by atoms with Crippen molar-refractivity contribution < 1.29 is 4.39 Å². The third-order valence-corrected chi connectivity index (χ3v) is 5.03. The number of aliphatic imine (C=N–C) groups is 1. The first kappa shape index (κ1) is 21.2. The molecule has 4 nitrogen and oxygen atoms in total. The van der Waals surface area contributed by atoms with E-state index in [4.69, 9.17) is 5.73 Å². The molecule has 0 aliphatic rings. The zero-order valence-corrected chi connectivity index (χ0v) is 17.4. The van der Waals surface area contributed by atoms with Crippen LogP contribution in [0, 0.1) is 11.7 Å². The predicted molar refractivity (Wildman–Crippen MR) is 122 cm³/mol. The van der Waals surface area contributed by atoms with Crippen LogP contribution in [0.5, 0.6) is 0 Å². The normalized spacial score (nSPS) is 13.8. The van der Waals surface area contributed by atoms with Gasteiger partial charge in [0.05, 0.1) is 12.2 Å². The second kappa shape index (κ2) is 9.83. The van der Waals surface area contributed by atoms with E-state index >= 15 is 0 Å². The molecule has 0 aliphatic heterocycles. The smallest absolute Gasteiger partial charge is 0.131 e. The Morgan fingerprint density at radius 2 is 2.03 bits per heavy atom. The van der Waals surface area contributed by atoms with E-state index in [9.17, 15) is 4.39 Å². The lowest BCUT2D eigenvalue weighted by molar-refractivity contribution is 0.597. The van der Waals surface area contributed by atoms with Gasteiger partial charge in [-0.25, -0.2) is 9.38 Å². The zero-order valence-electron chi connectivity index (χ0n) is 17.4. The minimum absolute atomic E-state index is 0.261. The molecule has 2 N–H and O–H groups in total. The minimum Gasteiger partial charge on any atom is -0.383 e. The van der Waals surface area contributed by atoms with E-state index in [1.807, 2.05) is 29.0 Å². The van der Waals surface area contributed by atoms with Gasteiger partial charge in [-0.1, -0.05) is 51.1 Å². The molecule has 3 rings (SSSR count). The van der Waals surface area contributed by atoms with Crippen molar-refractivity contribution >= 4 is 24.2 Å². The second-order valence-electron chi connectivity index (χ2n) is 7.30. The molecule has 0 saturated carbocycles. The first-order chi connectivity index (χ1) is 14.5. The van der Waals surface area contributed by atoms with Crippen LogP contribution in [0.4, 0.5) is 10.1 Å². The summed E-state index contributed by atoms with van der Waals surface area (Å²) in [6, 6.07) is 10.4. The SMILES string of the molecule is C=c1ccn(Cc2ccc(C(N)=Nc3ccncc3)cc2F)/c1=C/C=C\[C@H](C)CC. The number of hydrogen-bond donors (Lipinski definition) is 1. The molecule has 1 atom stereocenters. The van der Waals surface area contributed by atoms with Crippen molar-refractivity contribution in [2.75, 3.05) is 0 Å². The molecule has 0 spiro atoms. The lowest BCUT2D eigenvalue weighted by atomic mass is 10.1.